The number of hydrogen-bond donors (Lipinski definition) is 2. The van der Waals surface area contributed by atoms with Crippen LogP contribution in [-0.2, 0) is 25.7 Å². The van der Waals surface area contributed by atoms with Gasteiger partial charge in [0.25, 0.3) is 0 Å². The highest BCUT2D eigenvalue weighted by atomic mass is 32.2. The molecule has 1 aromatic rings. The fourth-order valence-electron chi connectivity index (χ4n) is 2.39. The van der Waals surface area contributed by atoms with E-state index in [0.29, 0.717) is 31.7 Å². The van der Waals surface area contributed by atoms with Crippen molar-refractivity contribution < 1.29 is 23.4 Å². The summed E-state index contributed by atoms with van der Waals surface area (Å²) < 4.78 is 22.1. The van der Waals surface area contributed by atoms with Gasteiger partial charge in [-0.1, -0.05) is 19.0 Å². The first-order chi connectivity index (χ1) is 11.2. The van der Waals surface area contributed by atoms with Crippen molar-refractivity contribution in [3.05, 3.63) is 11.8 Å². The molecule has 1 atom stereocenters. The van der Waals surface area contributed by atoms with Crippen LogP contribution in [0, 0.1) is 0 Å². The summed E-state index contributed by atoms with van der Waals surface area (Å²) in [5.74, 6) is -0.189. The quantitative estimate of drug-likeness (QED) is 0.801. The molecule has 1 saturated heterocycles. The lowest BCUT2D eigenvalue weighted by atomic mass is 9.91. The monoisotopic (exact) mass is 358 g/mol. The highest BCUT2D eigenvalue weighted by molar-refractivity contribution is 7.87. The van der Waals surface area contributed by atoms with Gasteiger partial charge >= 0.3 is 0 Å². The van der Waals surface area contributed by atoms with Gasteiger partial charge in [0.2, 0.25) is 11.8 Å². The fourth-order valence-corrected chi connectivity index (χ4v) is 4.08. The van der Waals surface area contributed by atoms with Crippen LogP contribution in [0.3, 0.4) is 0 Å². The Labute approximate surface area is 144 Å². The van der Waals surface area contributed by atoms with Gasteiger partial charge in [-0.15, -0.1) is 0 Å². The number of nitrogens with zero attached hydrogens (tertiary/aromatic N) is 1. The average molecular weight is 358 g/mol. The molecule has 7 nitrogen and oxygen atoms in total. The second-order valence-corrected chi connectivity index (χ2v) is 9.47. The molecule has 0 aromatic carbocycles. The number of anilines is 1. The summed E-state index contributed by atoms with van der Waals surface area (Å²) in [7, 11) is -1.33. The number of hydrogen-bond acceptors (Lipinski definition) is 6. The maximum absolute atomic E-state index is 12.8. The van der Waals surface area contributed by atoms with Gasteiger partial charge in [-0.2, -0.15) is 0 Å². The number of ether oxygens (including phenoxy) is 1. The molecular formula is C16H26N2O5S. The Kier molecular flexibility index (Phi) is 5.83. The summed E-state index contributed by atoms with van der Waals surface area (Å²) >= 11 is 0. The van der Waals surface area contributed by atoms with Gasteiger partial charge in [-0.3, -0.25) is 14.3 Å². The lowest BCUT2D eigenvalue weighted by Gasteiger charge is -2.29. The van der Waals surface area contributed by atoms with E-state index in [1.54, 1.807) is 19.9 Å². The number of carbonyl (C=O) groups excluding carboxylic acids is 1. The van der Waals surface area contributed by atoms with Gasteiger partial charge in [0, 0.05) is 40.7 Å². The smallest absolute Gasteiger partial charge is 0.245 e. The van der Waals surface area contributed by atoms with Crippen LogP contribution in [0.2, 0.25) is 0 Å². The van der Waals surface area contributed by atoms with Gasteiger partial charge in [-0.25, -0.2) is 0 Å². The number of rotatable bonds is 6. The third kappa shape index (κ3) is 4.04. The highest BCUT2D eigenvalue weighted by Gasteiger charge is 2.40. The fraction of sp³-hybridized carbons (Fsp3) is 0.750. The molecule has 1 aliphatic heterocycles. The molecule has 1 aromatic heterocycles. The van der Waals surface area contributed by atoms with Crippen LogP contribution in [0.5, 0.6) is 0 Å². The molecule has 1 amide bonds. The first-order valence-corrected chi connectivity index (χ1v) is 9.27. The Hall–Kier alpha value is -1.25. The molecule has 8 heteroatoms. The zero-order valence-corrected chi connectivity index (χ0v) is 15.4. The van der Waals surface area contributed by atoms with E-state index in [1.165, 1.54) is 0 Å². The van der Waals surface area contributed by atoms with Gasteiger partial charge in [0.15, 0.2) is 0 Å². The minimum absolute atomic E-state index is 0.0434. The van der Waals surface area contributed by atoms with Crippen molar-refractivity contribution in [1.82, 2.24) is 5.16 Å². The Morgan fingerprint density at radius 1 is 1.38 bits per heavy atom. The number of aliphatic hydroxyl groups excluding tert-OH is 1. The second-order valence-electron chi connectivity index (χ2n) is 7.19. The largest absolute Gasteiger partial charge is 0.395 e. The van der Waals surface area contributed by atoms with Gasteiger partial charge in [0.05, 0.1) is 12.3 Å². The third-order valence-electron chi connectivity index (χ3n) is 4.36. The van der Waals surface area contributed by atoms with E-state index in [2.05, 4.69) is 10.5 Å². The molecule has 136 valence electrons. The van der Waals surface area contributed by atoms with E-state index in [1.807, 2.05) is 13.8 Å². The minimum atomic E-state index is -1.33. The number of aliphatic hydroxyl groups is 1. The van der Waals surface area contributed by atoms with Gasteiger partial charge < -0.3 is 14.4 Å². The molecule has 2 N–H and O–H groups in total. The molecule has 1 fully saturated rings. The normalized spacial score (nSPS) is 18.4. The zero-order chi connectivity index (χ0) is 18.0. The highest BCUT2D eigenvalue weighted by Crippen LogP contribution is 2.27. The van der Waals surface area contributed by atoms with Crippen molar-refractivity contribution in [2.45, 2.75) is 55.9 Å². The van der Waals surface area contributed by atoms with E-state index in [0.717, 1.165) is 0 Å². The lowest BCUT2D eigenvalue weighted by Crippen LogP contribution is -2.46. The molecule has 2 rings (SSSR count). The molecule has 2 heterocycles. The topological polar surface area (TPSA) is 102 Å². The summed E-state index contributed by atoms with van der Waals surface area (Å²) in [4.78, 5) is 12.6. The summed E-state index contributed by atoms with van der Waals surface area (Å²) in [6.45, 7) is 8.05. The van der Waals surface area contributed by atoms with Crippen molar-refractivity contribution in [2.75, 3.05) is 25.1 Å². The van der Waals surface area contributed by atoms with Crippen molar-refractivity contribution in [1.29, 1.82) is 0 Å². The van der Waals surface area contributed by atoms with Crippen molar-refractivity contribution in [2.24, 2.45) is 0 Å². The van der Waals surface area contributed by atoms with E-state index in [-0.39, 0.29) is 23.6 Å². The van der Waals surface area contributed by atoms with Crippen LogP contribution in [0.4, 0.5) is 5.88 Å². The molecule has 24 heavy (non-hydrogen) atoms. The van der Waals surface area contributed by atoms with E-state index >= 15 is 0 Å². The number of nitrogens with one attached hydrogen (secondary N) is 1. The zero-order valence-electron chi connectivity index (χ0n) is 14.6. The Morgan fingerprint density at radius 3 is 2.58 bits per heavy atom. The van der Waals surface area contributed by atoms with Crippen LogP contribution in [0.25, 0.3) is 0 Å². The Balaban J connectivity index is 2.06. The van der Waals surface area contributed by atoms with E-state index < -0.39 is 21.0 Å². The summed E-state index contributed by atoms with van der Waals surface area (Å²) in [6, 6.07) is 1.58. The van der Waals surface area contributed by atoms with E-state index in [9.17, 15) is 14.1 Å². The molecule has 1 aliphatic rings. The molecule has 0 bridgehead atoms. The van der Waals surface area contributed by atoms with Crippen LogP contribution >= 0.6 is 0 Å². The molecule has 0 aliphatic carbocycles. The van der Waals surface area contributed by atoms with Crippen molar-refractivity contribution in [3.8, 4) is 0 Å². The lowest BCUT2D eigenvalue weighted by molar-refractivity contribution is -0.117. The second kappa shape index (κ2) is 7.33. The molecular weight excluding hydrogens is 332 g/mol. The SMILES string of the molecule is CC(C)(CO)c1cc(NC(=O)C(C)(C)S(=O)C2CCOCC2)on1. The van der Waals surface area contributed by atoms with Gasteiger partial charge in [-0.05, 0) is 26.7 Å². The maximum Gasteiger partial charge on any atom is 0.245 e. The van der Waals surface area contributed by atoms with Gasteiger partial charge in [0.1, 0.15) is 4.75 Å². The summed E-state index contributed by atoms with van der Waals surface area (Å²) in [5, 5.41) is 15.9. The summed E-state index contributed by atoms with van der Waals surface area (Å²) in [5.41, 5.74) is -0.0175. The molecule has 0 spiro atoms. The number of carbonyl (C=O) groups is 1. The summed E-state index contributed by atoms with van der Waals surface area (Å²) in [6.07, 6.45) is 1.39. The first-order valence-electron chi connectivity index (χ1n) is 8.06. The van der Waals surface area contributed by atoms with Crippen molar-refractivity contribution in [3.63, 3.8) is 0 Å². The van der Waals surface area contributed by atoms with E-state index in [4.69, 9.17) is 9.26 Å². The molecule has 0 radical (unpaired) electrons. The van der Waals surface area contributed by atoms with Crippen LogP contribution < -0.4 is 5.32 Å². The maximum atomic E-state index is 12.8. The van der Waals surface area contributed by atoms with Crippen LogP contribution in [-0.4, -0.2) is 50.2 Å². The molecule has 1 unspecified atom stereocenters. The minimum Gasteiger partial charge on any atom is -0.395 e. The Morgan fingerprint density at radius 2 is 2.00 bits per heavy atom. The molecule has 0 saturated carbocycles. The predicted molar refractivity (Wildman–Crippen MR) is 91.3 cm³/mol. The third-order valence-corrected chi connectivity index (χ3v) is 6.62. The first kappa shape index (κ1) is 19.1. The number of aromatic nitrogens is 1. The average Bonchev–Trinajstić information content (AvgIpc) is 3.04. The Bertz CT molecular complexity index is 605. The number of amides is 1. The standard InChI is InChI=1S/C16H26N2O5S/c1-15(2,10-19)12-9-13(23-18-12)17-14(20)16(3,4)24(21)11-5-7-22-8-6-11/h9,11,19H,5-8,10H2,1-4H3,(H,17,20). The van der Waals surface area contributed by atoms with Crippen LogP contribution in [0.15, 0.2) is 10.6 Å². The van der Waals surface area contributed by atoms with Crippen LogP contribution in [0.1, 0.15) is 46.2 Å². The predicted octanol–water partition coefficient (Wildman–Crippen LogP) is 1.59. The van der Waals surface area contributed by atoms with Crippen molar-refractivity contribution >= 4 is 22.6 Å².